The molecule has 2 aliphatic rings. The van der Waals surface area contributed by atoms with Crippen molar-refractivity contribution < 1.29 is 14.4 Å². The molecule has 0 unspecified atom stereocenters. The molecule has 3 heterocycles. The number of aromatic nitrogens is 1. The summed E-state index contributed by atoms with van der Waals surface area (Å²) in [4.78, 5) is 51.6. The lowest BCUT2D eigenvalue weighted by molar-refractivity contribution is -0.131. The Morgan fingerprint density at radius 2 is 1.70 bits per heavy atom. The summed E-state index contributed by atoms with van der Waals surface area (Å²) in [7, 11) is 0. The highest BCUT2D eigenvalue weighted by molar-refractivity contribution is 6.47. The minimum absolute atomic E-state index is 0.0253. The number of hydrogen-bond acceptors (Lipinski definition) is 8. The SMILES string of the molecule is C=C(C)C(=NC(C)=C(N)N)C(=O)NC1=NCC2(CCN(C(=O)c3cccc4c3ccn4CC(=O)N(CC)CC)CC2)N1.CC.CC. The van der Waals surface area contributed by atoms with E-state index in [2.05, 4.69) is 27.2 Å². The van der Waals surface area contributed by atoms with Gasteiger partial charge in [-0.15, -0.1) is 0 Å². The molecule has 1 aromatic heterocycles. The van der Waals surface area contributed by atoms with Gasteiger partial charge in [-0.05, 0) is 64.3 Å². The molecular formula is C34H53N9O3. The molecule has 1 saturated heterocycles. The van der Waals surface area contributed by atoms with Gasteiger partial charge in [0.2, 0.25) is 5.91 Å². The van der Waals surface area contributed by atoms with E-state index in [0.717, 1.165) is 10.9 Å². The second-order valence-electron chi connectivity index (χ2n) is 10.8. The zero-order valence-corrected chi connectivity index (χ0v) is 28.9. The predicted molar refractivity (Wildman–Crippen MR) is 187 cm³/mol. The van der Waals surface area contributed by atoms with E-state index in [1.165, 1.54) is 0 Å². The second-order valence-corrected chi connectivity index (χ2v) is 10.8. The molecule has 3 amide bonds. The Morgan fingerprint density at radius 1 is 1.07 bits per heavy atom. The van der Waals surface area contributed by atoms with Crippen LogP contribution in [0.3, 0.4) is 0 Å². The van der Waals surface area contributed by atoms with Crippen molar-refractivity contribution in [2.24, 2.45) is 21.5 Å². The number of carbonyl (C=O) groups is 3. The molecule has 46 heavy (non-hydrogen) atoms. The summed E-state index contributed by atoms with van der Waals surface area (Å²) in [5.74, 6) is -0.0648. The Morgan fingerprint density at radius 3 is 2.26 bits per heavy atom. The third-order valence-corrected chi connectivity index (χ3v) is 7.95. The maximum atomic E-state index is 13.6. The van der Waals surface area contributed by atoms with E-state index in [9.17, 15) is 14.4 Å². The summed E-state index contributed by atoms with van der Waals surface area (Å²) in [6.45, 7) is 22.2. The van der Waals surface area contributed by atoms with Crippen LogP contribution in [0.5, 0.6) is 0 Å². The molecule has 0 atom stereocenters. The number of likely N-dealkylation sites (tertiary alicyclic amines) is 1. The molecule has 0 saturated carbocycles. The van der Waals surface area contributed by atoms with E-state index < -0.39 is 5.91 Å². The van der Waals surface area contributed by atoms with Crippen molar-refractivity contribution in [3.05, 3.63) is 59.7 Å². The summed E-state index contributed by atoms with van der Waals surface area (Å²) >= 11 is 0. The van der Waals surface area contributed by atoms with Crippen LogP contribution >= 0.6 is 0 Å². The van der Waals surface area contributed by atoms with E-state index in [0.29, 0.717) is 68.4 Å². The second kappa shape index (κ2) is 17.2. The molecule has 2 aromatic rings. The molecule has 4 rings (SSSR count). The molecule has 0 aliphatic carbocycles. The first-order chi connectivity index (χ1) is 22.0. The number of fused-ring (bicyclic) bond motifs is 1. The van der Waals surface area contributed by atoms with Crippen molar-refractivity contribution in [2.45, 2.75) is 80.3 Å². The summed E-state index contributed by atoms with van der Waals surface area (Å²) in [5, 5.41) is 6.98. The maximum Gasteiger partial charge on any atom is 0.276 e. The Hall–Kier alpha value is -4.61. The molecule has 2 aliphatic heterocycles. The van der Waals surface area contributed by atoms with Crippen LogP contribution in [-0.2, 0) is 16.1 Å². The maximum absolute atomic E-state index is 13.6. The van der Waals surface area contributed by atoms with E-state index in [1.807, 2.05) is 81.5 Å². The first-order valence-corrected chi connectivity index (χ1v) is 16.2. The van der Waals surface area contributed by atoms with Crippen molar-refractivity contribution >= 4 is 40.3 Å². The summed E-state index contributed by atoms with van der Waals surface area (Å²) in [5.41, 5.74) is 13.2. The number of benzene rings is 1. The number of aliphatic imine (C=N–C) groups is 2. The minimum Gasteiger partial charge on any atom is -0.384 e. The molecule has 6 N–H and O–H groups in total. The van der Waals surface area contributed by atoms with Crippen molar-refractivity contribution in [3.8, 4) is 0 Å². The van der Waals surface area contributed by atoms with Crippen LogP contribution in [0, 0.1) is 0 Å². The number of rotatable bonds is 8. The van der Waals surface area contributed by atoms with Gasteiger partial charge >= 0.3 is 0 Å². The fourth-order valence-electron chi connectivity index (χ4n) is 5.33. The van der Waals surface area contributed by atoms with Crippen LogP contribution in [0.1, 0.15) is 78.6 Å². The van der Waals surface area contributed by atoms with E-state index in [-0.39, 0.29) is 35.4 Å². The lowest BCUT2D eigenvalue weighted by atomic mass is 9.88. The van der Waals surface area contributed by atoms with Gasteiger partial charge in [-0.2, -0.15) is 0 Å². The van der Waals surface area contributed by atoms with Crippen LogP contribution in [-0.4, -0.2) is 82.0 Å². The Kier molecular flexibility index (Phi) is 14.0. The predicted octanol–water partition coefficient (Wildman–Crippen LogP) is 3.74. The van der Waals surface area contributed by atoms with Crippen molar-refractivity contribution in [3.63, 3.8) is 0 Å². The fraction of sp³-hybridized carbons (Fsp3) is 0.500. The van der Waals surface area contributed by atoms with Crippen LogP contribution < -0.4 is 22.1 Å². The zero-order chi connectivity index (χ0) is 34.6. The van der Waals surface area contributed by atoms with Crippen LogP contribution in [0.15, 0.2) is 64.1 Å². The number of nitrogens with one attached hydrogen (secondary N) is 2. The first-order valence-electron chi connectivity index (χ1n) is 16.2. The lowest BCUT2D eigenvalue weighted by Gasteiger charge is -2.39. The lowest BCUT2D eigenvalue weighted by Crippen LogP contribution is -2.57. The van der Waals surface area contributed by atoms with E-state index in [1.54, 1.807) is 18.7 Å². The largest absolute Gasteiger partial charge is 0.384 e. The van der Waals surface area contributed by atoms with Gasteiger partial charge in [-0.25, -0.2) is 4.99 Å². The van der Waals surface area contributed by atoms with Gasteiger partial charge in [-0.3, -0.25) is 24.7 Å². The molecular weight excluding hydrogens is 582 g/mol. The number of nitrogens with two attached hydrogens (primary N) is 2. The average Bonchev–Trinajstić information content (AvgIpc) is 3.65. The van der Waals surface area contributed by atoms with Crippen molar-refractivity contribution in [1.29, 1.82) is 0 Å². The highest BCUT2D eigenvalue weighted by atomic mass is 16.2. The zero-order valence-electron chi connectivity index (χ0n) is 28.9. The number of guanidine groups is 1. The molecule has 12 nitrogen and oxygen atoms in total. The van der Waals surface area contributed by atoms with Crippen molar-refractivity contribution in [1.82, 2.24) is 25.0 Å². The third kappa shape index (κ3) is 8.76. The number of likely N-dealkylation sites (N-methyl/N-ethyl adjacent to an activating group) is 1. The van der Waals surface area contributed by atoms with Crippen LogP contribution in [0.25, 0.3) is 10.9 Å². The normalized spacial score (nSPS) is 15.0. The molecule has 1 spiro atoms. The molecule has 0 radical (unpaired) electrons. The Labute approximate surface area is 273 Å². The summed E-state index contributed by atoms with van der Waals surface area (Å²) in [6.07, 6.45) is 3.21. The summed E-state index contributed by atoms with van der Waals surface area (Å²) < 4.78 is 1.90. The smallest absolute Gasteiger partial charge is 0.276 e. The number of piperidine rings is 1. The number of nitrogens with zero attached hydrogens (tertiary/aromatic N) is 5. The molecule has 1 fully saturated rings. The highest BCUT2D eigenvalue weighted by Crippen LogP contribution is 2.28. The highest BCUT2D eigenvalue weighted by Gasteiger charge is 2.40. The number of carbonyl (C=O) groups excluding carboxylic acids is 3. The van der Waals surface area contributed by atoms with E-state index in [4.69, 9.17) is 11.5 Å². The Balaban J connectivity index is 0.00000177. The molecule has 1 aromatic carbocycles. The summed E-state index contributed by atoms with van der Waals surface area (Å²) in [6, 6.07) is 7.55. The first kappa shape index (κ1) is 37.6. The molecule has 12 heteroatoms. The number of hydrogen-bond donors (Lipinski definition) is 4. The van der Waals surface area contributed by atoms with Gasteiger partial charge in [0.1, 0.15) is 18.1 Å². The fourth-order valence-corrected chi connectivity index (χ4v) is 5.33. The third-order valence-electron chi connectivity index (χ3n) is 7.95. The van der Waals surface area contributed by atoms with Gasteiger partial charge in [0.25, 0.3) is 11.8 Å². The molecule has 252 valence electrons. The number of amides is 3. The topological polar surface area (TPSA) is 163 Å². The molecule has 0 bridgehead atoms. The monoisotopic (exact) mass is 635 g/mol. The van der Waals surface area contributed by atoms with Crippen LogP contribution in [0.4, 0.5) is 0 Å². The Bertz CT molecular complexity index is 1490. The average molecular weight is 636 g/mol. The van der Waals surface area contributed by atoms with E-state index >= 15 is 0 Å². The minimum atomic E-state index is -0.460. The van der Waals surface area contributed by atoms with Gasteiger partial charge in [0, 0.05) is 48.8 Å². The van der Waals surface area contributed by atoms with Gasteiger partial charge in [0.15, 0.2) is 5.96 Å². The van der Waals surface area contributed by atoms with Crippen molar-refractivity contribution in [2.75, 3.05) is 32.7 Å². The van der Waals surface area contributed by atoms with Gasteiger partial charge < -0.3 is 31.2 Å². The van der Waals surface area contributed by atoms with Gasteiger partial charge in [-0.1, -0.05) is 40.3 Å². The standard InChI is InChI=1S/C30H41N9O3.2C2H6/c1-6-37(7-2)24(40)17-39-14-11-21-22(9-8-10-23(21)39)28(42)38-15-12-30(13-16-38)18-33-29(36-30)35-27(41)25(19(3)4)34-20(5)26(31)32;2*1-2/h8-11,14H,3,6-7,12-13,15-18,31-32H2,1-2,4-5H3,(H2,33,35,36,41);2*1-2H3. The van der Waals surface area contributed by atoms with Gasteiger partial charge in [0.05, 0.1) is 17.8 Å². The van der Waals surface area contributed by atoms with Crippen LogP contribution in [0.2, 0.25) is 0 Å². The number of allylic oxidation sites excluding steroid dienone is 1. The quantitative estimate of drug-likeness (QED) is 0.323.